The Morgan fingerprint density at radius 2 is 1.00 bits per heavy atom. The molecule has 2 bridgehead atoms. The van der Waals surface area contributed by atoms with Crippen LogP contribution in [0.5, 0.6) is 0 Å². The molecule has 2 aliphatic carbocycles. The van der Waals surface area contributed by atoms with Crippen LogP contribution in [0.1, 0.15) is 132 Å². The average molecular weight is 691 g/mol. The lowest BCUT2D eigenvalue weighted by Crippen LogP contribution is -2.47. The molecule has 4 amide bonds. The van der Waals surface area contributed by atoms with Crippen molar-refractivity contribution in [1.82, 2.24) is 4.90 Å². The summed E-state index contributed by atoms with van der Waals surface area (Å²) in [5, 5.41) is 0. The Hall–Kier alpha value is -5.24. The minimum Gasteiger partial charge on any atom is -0.349 e. The third-order valence-electron chi connectivity index (χ3n) is 13.4. The fraction of sp³-hybridized carbons (Fsp3) is 0.364. The van der Waals surface area contributed by atoms with Crippen LogP contribution in [-0.4, -0.2) is 42.2 Å². The van der Waals surface area contributed by atoms with Crippen molar-refractivity contribution in [2.45, 2.75) is 90.6 Å². The standard InChI is InChI=1S/C44H42N4O4/c1-22-9-10-25-17-47-21-46(36(25)23(22)2)18-26-11-12-35(24(3)37(26)47)48-40(51)29-14-32-34(16-30(29)41(48)52)44(20-43(32,6)7)19-42(4,5)31-13-27-28(15-33(31)44)39(50)45(8)38(27)49/h9-16H,17-21H2,1-8H3. The summed E-state index contributed by atoms with van der Waals surface area (Å²) in [6.07, 6.45) is 1.55. The van der Waals surface area contributed by atoms with E-state index < -0.39 is 5.41 Å². The van der Waals surface area contributed by atoms with Gasteiger partial charge in [-0.25, -0.2) is 4.90 Å². The summed E-state index contributed by atoms with van der Waals surface area (Å²) in [4.78, 5) is 62.7. The number of hydrogen-bond acceptors (Lipinski definition) is 6. The summed E-state index contributed by atoms with van der Waals surface area (Å²) in [6, 6.07) is 16.3. The zero-order chi connectivity index (χ0) is 36.5. The van der Waals surface area contributed by atoms with E-state index in [1.165, 1.54) is 44.8 Å². The maximum atomic E-state index is 14.6. The minimum atomic E-state index is -0.474. The number of aryl methyl sites for hydroxylation is 1. The van der Waals surface area contributed by atoms with E-state index in [1.54, 1.807) is 0 Å². The summed E-state index contributed by atoms with van der Waals surface area (Å²) in [5.74, 6) is -1.13. The molecule has 0 saturated heterocycles. The van der Waals surface area contributed by atoms with Gasteiger partial charge < -0.3 is 9.80 Å². The fourth-order valence-electron chi connectivity index (χ4n) is 11.1. The van der Waals surface area contributed by atoms with Gasteiger partial charge in [-0.15, -0.1) is 0 Å². The summed E-state index contributed by atoms with van der Waals surface area (Å²) in [6.45, 7) is 17.5. The third-order valence-corrected chi connectivity index (χ3v) is 13.4. The molecule has 6 aliphatic rings. The second kappa shape index (κ2) is 9.59. The molecule has 8 heteroatoms. The molecule has 4 aromatic rings. The summed E-state index contributed by atoms with van der Waals surface area (Å²) >= 11 is 0. The molecule has 1 spiro atoms. The van der Waals surface area contributed by atoms with Crippen LogP contribution in [0.15, 0.2) is 48.5 Å². The molecular weight excluding hydrogens is 649 g/mol. The normalized spacial score (nSPS) is 22.6. The molecule has 0 fully saturated rings. The van der Waals surface area contributed by atoms with Crippen LogP contribution in [0.2, 0.25) is 0 Å². The van der Waals surface area contributed by atoms with Crippen molar-refractivity contribution < 1.29 is 19.2 Å². The molecule has 8 nitrogen and oxygen atoms in total. The Morgan fingerprint density at radius 3 is 1.52 bits per heavy atom. The van der Waals surface area contributed by atoms with Crippen molar-refractivity contribution in [3.05, 3.63) is 121 Å². The quantitative estimate of drug-likeness (QED) is 0.192. The van der Waals surface area contributed by atoms with Gasteiger partial charge in [-0.3, -0.25) is 24.1 Å². The number of benzene rings is 4. The fourth-order valence-corrected chi connectivity index (χ4v) is 11.1. The summed E-state index contributed by atoms with van der Waals surface area (Å²) in [5.41, 5.74) is 14.1. The van der Waals surface area contributed by atoms with Crippen LogP contribution in [0.4, 0.5) is 17.1 Å². The number of hydrogen-bond donors (Lipinski definition) is 0. The van der Waals surface area contributed by atoms with Crippen molar-refractivity contribution in [1.29, 1.82) is 0 Å². The minimum absolute atomic E-state index is 0.265. The molecule has 0 radical (unpaired) electrons. The first-order valence-corrected chi connectivity index (χ1v) is 18.3. The van der Waals surface area contributed by atoms with E-state index >= 15 is 0 Å². The van der Waals surface area contributed by atoms with Crippen molar-refractivity contribution >= 4 is 40.7 Å². The van der Waals surface area contributed by atoms with E-state index in [2.05, 4.69) is 69.5 Å². The van der Waals surface area contributed by atoms with Crippen molar-refractivity contribution in [2.24, 2.45) is 0 Å². The molecule has 262 valence electrons. The number of amides is 4. The molecule has 10 rings (SSSR count). The van der Waals surface area contributed by atoms with Crippen LogP contribution in [-0.2, 0) is 29.3 Å². The first-order chi connectivity index (χ1) is 24.5. The zero-order valence-electron chi connectivity index (χ0n) is 31.1. The van der Waals surface area contributed by atoms with Gasteiger partial charge in [0.15, 0.2) is 0 Å². The summed E-state index contributed by atoms with van der Waals surface area (Å²) in [7, 11) is 1.54. The van der Waals surface area contributed by atoms with E-state index in [0.29, 0.717) is 27.9 Å². The molecule has 1 atom stereocenters. The van der Waals surface area contributed by atoms with Gasteiger partial charge in [0.05, 0.1) is 34.6 Å². The van der Waals surface area contributed by atoms with Crippen LogP contribution in [0, 0.1) is 20.8 Å². The first kappa shape index (κ1) is 31.5. The number of fused-ring (bicyclic) bond motifs is 12. The monoisotopic (exact) mass is 690 g/mol. The van der Waals surface area contributed by atoms with E-state index in [9.17, 15) is 19.2 Å². The van der Waals surface area contributed by atoms with E-state index in [1.807, 2.05) is 37.3 Å². The van der Waals surface area contributed by atoms with Crippen LogP contribution in [0.3, 0.4) is 0 Å². The number of anilines is 3. The lowest BCUT2D eigenvalue weighted by molar-refractivity contribution is 0.0692. The Kier molecular flexibility index (Phi) is 5.81. The number of nitrogens with zero attached hydrogens (tertiary/aromatic N) is 4. The highest BCUT2D eigenvalue weighted by molar-refractivity contribution is 6.35. The molecule has 4 aromatic carbocycles. The van der Waals surface area contributed by atoms with Crippen LogP contribution in [0.25, 0.3) is 0 Å². The van der Waals surface area contributed by atoms with Crippen molar-refractivity contribution in [3.63, 3.8) is 0 Å². The van der Waals surface area contributed by atoms with E-state index in [4.69, 9.17) is 0 Å². The predicted molar refractivity (Wildman–Crippen MR) is 201 cm³/mol. The van der Waals surface area contributed by atoms with Crippen LogP contribution >= 0.6 is 0 Å². The second-order valence-corrected chi connectivity index (χ2v) is 17.5. The maximum Gasteiger partial charge on any atom is 0.266 e. The van der Waals surface area contributed by atoms with Gasteiger partial charge in [-0.05, 0) is 125 Å². The Labute approximate surface area is 304 Å². The number of carbonyl (C=O) groups excluding carboxylic acids is 4. The molecule has 4 aliphatic heterocycles. The molecule has 1 unspecified atom stereocenters. The van der Waals surface area contributed by atoms with E-state index in [-0.39, 0.29) is 34.5 Å². The highest BCUT2D eigenvalue weighted by Crippen LogP contribution is 2.64. The van der Waals surface area contributed by atoms with Crippen molar-refractivity contribution in [3.8, 4) is 0 Å². The number of imide groups is 2. The number of rotatable bonds is 1. The van der Waals surface area contributed by atoms with Gasteiger partial charge in [0.25, 0.3) is 23.6 Å². The largest absolute Gasteiger partial charge is 0.349 e. The van der Waals surface area contributed by atoms with Gasteiger partial charge in [0, 0.05) is 36.9 Å². The third kappa shape index (κ3) is 3.67. The van der Waals surface area contributed by atoms with Gasteiger partial charge in [-0.1, -0.05) is 45.9 Å². The van der Waals surface area contributed by atoms with Gasteiger partial charge >= 0.3 is 0 Å². The lowest BCUT2D eigenvalue weighted by atomic mass is 9.72. The maximum absolute atomic E-state index is 14.6. The Balaban J connectivity index is 1.07. The SMILES string of the molecule is Cc1ccc2c(c1C)N1Cc3ccc(N4C(=O)c5cc6c(cc5C4=O)C4(CC(C)(C)c5cc7c(cc54)C(=O)N(C)C7=O)CC6(C)C)c(C)c3N(C2)C1. The highest BCUT2D eigenvalue weighted by Gasteiger charge is 2.58. The topological polar surface area (TPSA) is 81.2 Å². The second-order valence-electron chi connectivity index (χ2n) is 17.5. The average Bonchev–Trinajstić information content (AvgIpc) is 3.65. The van der Waals surface area contributed by atoms with Crippen LogP contribution < -0.4 is 14.7 Å². The summed E-state index contributed by atoms with van der Waals surface area (Å²) < 4.78 is 0. The lowest BCUT2D eigenvalue weighted by Gasteiger charge is -2.46. The molecular formula is C44H42N4O4. The molecule has 4 heterocycles. The Morgan fingerprint density at radius 1 is 0.558 bits per heavy atom. The molecule has 52 heavy (non-hydrogen) atoms. The zero-order valence-corrected chi connectivity index (χ0v) is 31.1. The number of carbonyl (C=O) groups is 4. The predicted octanol–water partition coefficient (Wildman–Crippen LogP) is 7.58. The highest BCUT2D eigenvalue weighted by atomic mass is 16.2. The smallest absolute Gasteiger partial charge is 0.266 e. The van der Waals surface area contributed by atoms with Gasteiger partial charge in [0.2, 0.25) is 0 Å². The molecule has 0 aromatic heterocycles. The molecule has 0 N–H and O–H groups in total. The Bertz CT molecular complexity index is 2450. The van der Waals surface area contributed by atoms with Gasteiger partial charge in [0.1, 0.15) is 0 Å². The first-order valence-electron chi connectivity index (χ1n) is 18.3. The molecule has 0 saturated carbocycles. The van der Waals surface area contributed by atoms with Crippen molar-refractivity contribution in [2.75, 3.05) is 28.4 Å². The van der Waals surface area contributed by atoms with Gasteiger partial charge in [-0.2, -0.15) is 0 Å². The van der Waals surface area contributed by atoms with E-state index in [0.717, 1.165) is 66.1 Å².